The Morgan fingerprint density at radius 2 is 2.03 bits per heavy atom. The van der Waals surface area contributed by atoms with Crippen molar-refractivity contribution in [1.82, 2.24) is 15.0 Å². The molecule has 1 aliphatic heterocycles. The summed E-state index contributed by atoms with van der Waals surface area (Å²) in [5.41, 5.74) is 3.70. The summed E-state index contributed by atoms with van der Waals surface area (Å²) in [6, 6.07) is 12.7. The summed E-state index contributed by atoms with van der Waals surface area (Å²) in [5.74, 6) is 0.502. The SMILES string of the molecule is CC(C)Oc1ccc(-c2nc(-c3cccc4c3CCN(C(C(=O)O)C(C)(C)C)C4)no2)cc1C#N. The van der Waals surface area contributed by atoms with Crippen molar-refractivity contribution in [2.24, 2.45) is 5.41 Å². The minimum atomic E-state index is -0.804. The quantitative estimate of drug-likeness (QED) is 0.536. The highest BCUT2D eigenvalue weighted by Gasteiger charge is 2.38. The largest absolute Gasteiger partial charge is 0.490 e. The number of benzene rings is 2. The van der Waals surface area contributed by atoms with E-state index in [1.54, 1.807) is 18.2 Å². The van der Waals surface area contributed by atoms with Crippen molar-refractivity contribution in [3.63, 3.8) is 0 Å². The van der Waals surface area contributed by atoms with E-state index < -0.39 is 12.0 Å². The van der Waals surface area contributed by atoms with Crippen LogP contribution >= 0.6 is 0 Å². The smallest absolute Gasteiger partial charge is 0.321 e. The molecule has 0 amide bonds. The molecule has 0 fully saturated rings. The number of aromatic nitrogens is 2. The van der Waals surface area contributed by atoms with Gasteiger partial charge in [0.2, 0.25) is 5.82 Å². The number of hydrogen-bond donors (Lipinski definition) is 1. The van der Waals surface area contributed by atoms with Gasteiger partial charge in [0.1, 0.15) is 17.9 Å². The molecule has 0 spiro atoms. The monoisotopic (exact) mass is 474 g/mol. The molecule has 35 heavy (non-hydrogen) atoms. The first-order chi connectivity index (χ1) is 16.6. The van der Waals surface area contributed by atoms with Gasteiger partial charge in [-0.2, -0.15) is 10.2 Å². The van der Waals surface area contributed by atoms with Crippen molar-refractivity contribution < 1.29 is 19.2 Å². The molecule has 4 rings (SSSR count). The molecule has 182 valence electrons. The van der Waals surface area contributed by atoms with Gasteiger partial charge in [0.05, 0.1) is 11.7 Å². The first kappa shape index (κ1) is 24.4. The van der Waals surface area contributed by atoms with Crippen LogP contribution in [-0.4, -0.2) is 44.8 Å². The van der Waals surface area contributed by atoms with Gasteiger partial charge in [-0.3, -0.25) is 9.69 Å². The van der Waals surface area contributed by atoms with Gasteiger partial charge in [0, 0.05) is 24.2 Å². The first-order valence-corrected chi connectivity index (χ1v) is 11.7. The summed E-state index contributed by atoms with van der Waals surface area (Å²) in [4.78, 5) is 18.6. The maximum Gasteiger partial charge on any atom is 0.321 e. The van der Waals surface area contributed by atoms with Crippen molar-refractivity contribution in [2.45, 2.75) is 59.7 Å². The van der Waals surface area contributed by atoms with E-state index in [9.17, 15) is 15.2 Å². The van der Waals surface area contributed by atoms with Gasteiger partial charge in [-0.25, -0.2) is 0 Å². The molecule has 8 heteroatoms. The maximum absolute atomic E-state index is 12.0. The van der Waals surface area contributed by atoms with Crippen LogP contribution in [0.2, 0.25) is 0 Å². The van der Waals surface area contributed by atoms with E-state index in [4.69, 9.17) is 9.26 Å². The van der Waals surface area contributed by atoms with Crippen LogP contribution in [0.25, 0.3) is 22.8 Å². The van der Waals surface area contributed by atoms with Crippen LogP contribution in [0, 0.1) is 16.7 Å². The average Bonchev–Trinajstić information content (AvgIpc) is 3.27. The summed E-state index contributed by atoms with van der Waals surface area (Å²) in [6.45, 7) is 10.9. The lowest BCUT2D eigenvalue weighted by Crippen LogP contribution is -2.51. The van der Waals surface area contributed by atoms with Gasteiger partial charge >= 0.3 is 5.97 Å². The van der Waals surface area contributed by atoms with E-state index in [0.29, 0.717) is 48.1 Å². The fraction of sp³-hybridized carbons (Fsp3) is 0.407. The molecule has 0 saturated heterocycles. The number of aliphatic carboxylic acids is 1. The van der Waals surface area contributed by atoms with Crippen LogP contribution in [-0.2, 0) is 17.8 Å². The molecule has 3 aromatic rings. The van der Waals surface area contributed by atoms with E-state index in [0.717, 1.165) is 16.7 Å². The molecule has 1 aromatic heterocycles. The molecule has 2 aromatic carbocycles. The van der Waals surface area contributed by atoms with Crippen LogP contribution < -0.4 is 4.74 Å². The predicted octanol–water partition coefficient (Wildman–Crippen LogP) is 4.92. The van der Waals surface area contributed by atoms with E-state index in [-0.39, 0.29) is 11.5 Å². The Hall–Kier alpha value is -3.70. The third-order valence-electron chi connectivity index (χ3n) is 6.09. The Bertz CT molecular complexity index is 1280. The molecule has 0 aliphatic carbocycles. The van der Waals surface area contributed by atoms with Crippen molar-refractivity contribution in [2.75, 3.05) is 6.54 Å². The summed E-state index contributed by atoms with van der Waals surface area (Å²) in [7, 11) is 0. The molecule has 1 aliphatic rings. The number of carboxylic acids is 1. The Morgan fingerprint density at radius 3 is 2.69 bits per heavy atom. The van der Waals surface area contributed by atoms with Gasteiger partial charge in [0.15, 0.2) is 0 Å². The normalized spacial score (nSPS) is 14.9. The van der Waals surface area contributed by atoms with Gasteiger partial charge in [0.25, 0.3) is 5.89 Å². The minimum absolute atomic E-state index is 0.0442. The van der Waals surface area contributed by atoms with E-state index in [1.165, 1.54) is 0 Å². The molecule has 1 atom stereocenters. The zero-order chi connectivity index (χ0) is 25.3. The van der Waals surface area contributed by atoms with Crippen LogP contribution in [0.3, 0.4) is 0 Å². The number of hydrogen-bond acceptors (Lipinski definition) is 7. The fourth-order valence-electron chi connectivity index (χ4n) is 4.69. The molecule has 0 saturated carbocycles. The maximum atomic E-state index is 12.0. The highest BCUT2D eigenvalue weighted by Crippen LogP contribution is 2.34. The molecular formula is C27H30N4O4. The van der Waals surface area contributed by atoms with E-state index >= 15 is 0 Å². The number of nitriles is 1. The van der Waals surface area contributed by atoms with Crippen molar-refractivity contribution in [1.29, 1.82) is 5.26 Å². The van der Waals surface area contributed by atoms with Crippen LogP contribution in [0.5, 0.6) is 5.75 Å². The Labute approximate surface area is 205 Å². The second-order valence-corrected chi connectivity index (χ2v) is 10.2. The number of nitrogens with zero attached hydrogens (tertiary/aromatic N) is 4. The number of carboxylic acid groups (broad SMARTS) is 1. The molecule has 1 unspecified atom stereocenters. The van der Waals surface area contributed by atoms with E-state index in [1.807, 2.05) is 57.7 Å². The lowest BCUT2D eigenvalue weighted by atomic mass is 9.83. The zero-order valence-corrected chi connectivity index (χ0v) is 20.7. The summed E-state index contributed by atoms with van der Waals surface area (Å²) in [6.07, 6.45) is 0.645. The minimum Gasteiger partial charge on any atom is -0.490 e. The second-order valence-electron chi connectivity index (χ2n) is 10.2. The first-order valence-electron chi connectivity index (χ1n) is 11.7. The molecule has 8 nitrogen and oxygen atoms in total. The molecule has 1 N–H and O–H groups in total. The third kappa shape index (κ3) is 5.05. The van der Waals surface area contributed by atoms with Gasteiger partial charge in [-0.1, -0.05) is 44.1 Å². The third-order valence-corrected chi connectivity index (χ3v) is 6.09. The zero-order valence-electron chi connectivity index (χ0n) is 20.7. The summed E-state index contributed by atoms with van der Waals surface area (Å²) < 4.78 is 11.2. The number of ether oxygens (including phenoxy) is 1. The molecular weight excluding hydrogens is 444 g/mol. The van der Waals surface area contributed by atoms with Crippen molar-refractivity contribution in [3.8, 4) is 34.7 Å². The lowest BCUT2D eigenvalue weighted by molar-refractivity contribution is -0.148. The predicted molar refractivity (Wildman–Crippen MR) is 131 cm³/mol. The number of fused-ring (bicyclic) bond motifs is 1. The second kappa shape index (κ2) is 9.51. The summed E-state index contributed by atoms with van der Waals surface area (Å²) in [5, 5.41) is 23.6. The van der Waals surface area contributed by atoms with Gasteiger partial charge < -0.3 is 14.4 Å². The fourth-order valence-corrected chi connectivity index (χ4v) is 4.69. The highest BCUT2D eigenvalue weighted by molar-refractivity contribution is 5.75. The topological polar surface area (TPSA) is 112 Å². The molecule has 0 radical (unpaired) electrons. The van der Waals surface area contributed by atoms with Crippen molar-refractivity contribution in [3.05, 3.63) is 53.1 Å². The van der Waals surface area contributed by atoms with Crippen molar-refractivity contribution >= 4 is 5.97 Å². The van der Waals surface area contributed by atoms with E-state index in [2.05, 4.69) is 16.2 Å². The summed E-state index contributed by atoms with van der Waals surface area (Å²) >= 11 is 0. The van der Waals surface area contributed by atoms with Crippen LogP contribution in [0.1, 0.15) is 51.3 Å². The average molecular weight is 475 g/mol. The van der Waals surface area contributed by atoms with Gasteiger partial charge in [-0.05, 0) is 55.0 Å². The lowest BCUT2D eigenvalue weighted by Gasteiger charge is -2.40. The Balaban J connectivity index is 1.63. The van der Waals surface area contributed by atoms with Gasteiger partial charge in [-0.15, -0.1) is 0 Å². The number of carbonyl (C=O) groups is 1. The Morgan fingerprint density at radius 1 is 1.26 bits per heavy atom. The Kier molecular flexibility index (Phi) is 6.64. The van der Waals surface area contributed by atoms with Crippen LogP contribution in [0.4, 0.5) is 0 Å². The highest BCUT2D eigenvalue weighted by atomic mass is 16.5. The molecule has 2 heterocycles. The number of rotatable bonds is 6. The standard InChI is InChI=1S/C27H30N4O4/c1-16(2)34-22-10-9-17(13-19(22)14-28)25-29-24(30-35-25)21-8-6-7-18-15-31(12-11-20(18)21)23(26(32)33)27(3,4)5/h6-10,13,16,23H,11-12,15H2,1-5H3,(H,32,33). The van der Waals surface area contributed by atoms with Crippen LogP contribution in [0.15, 0.2) is 40.9 Å². The molecule has 0 bridgehead atoms.